The first-order valence-electron chi connectivity index (χ1n) is 10.9. The van der Waals surface area contributed by atoms with Gasteiger partial charge in [0.1, 0.15) is 0 Å². The van der Waals surface area contributed by atoms with Gasteiger partial charge in [-0.15, -0.1) is 11.3 Å². The summed E-state index contributed by atoms with van der Waals surface area (Å²) in [5.41, 5.74) is -0.00833. The van der Waals surface area contributed by atoms with E-state index in [1.165, 1.54) is 30.6 Å². The fourth-order valence-electron chi connectivity index (χ4n) is 6.70. The monoisotopic (exact) mass is 401 g/mol. The summed E-state index contributed by atoms with van der Waals surface area (Å²) < 4.78 is 0. The van der Waals surface area contributed by atoms with E-state index in [0.29, 0.717) is 12.5 Å². The van der Waals surface area contributed by atoms with Crippen LogP contribution in [-0.4, -0.2) is 60.9 Å². The van der Waals surface area contributed by atoms with E-state index in [9.17, 15) is 9.59 Å². The van der Waals surface area contributed by atoms with Crippen LogP contribution in [0.15, 0.2) is 17.5 Å². The van der Waals surface area contributed by atoms with Gasteiger partial charge in [0.2, 0.25) is 5.91 Å². The van der Waals surface area contributed by atoms with Crippen molar-refractivity contribution < 1.29 is 9.59 Å². The maximum absolute atomic E-state index is 13.4. The molecule has 6 rings (SSSR count). The number of carbonyl (C=O) groups is 2. The van der Waals surface area contributed by atoms with Crippen molar-refractivity contribution in [3.05, 3.63) is 22.4 Å². The highest BCUT2D eigenvalue weighted by atomic mass is 32.1. The second-order valence-corrected chi connectivity index (χ2v) is 10.5. The van der Waals surface area contributed by atoms with E-state index in [1.54, 1.807) is 0 Å². The van der Waals surface area contributed by atoms with Crippen LogP contribution in [0.1, 0.15) is 48.2 Å². The van der Waals surface area contributed by atoms with Crippen LogP contribution in [0.4, 0.5) is 0 Å². The van der Waals surface area contributed by atoms with Crippen molar-refractivity contribution in [3.63, 3.8) is 0 Å². The molecule has 5 aliphatic rings. The molecule has 6 heteroatoms. The van der Waals surface area contributed by atoms with Crippen molar-refractivity contribution in [2.45, 2.75) is 38.5 Å². The number of rotatable bonds is 5. The molecule has 0 aromatic carbocycles. The van der Waals surface area contributed by atoms with E-state index in [1.807, 2.05) is 17.5 Å². The third kappa shape index (κ3) is 3.50. The van der Waals surface area contributed by atoms with Crippen LogP contribution in [0.5, 0.6) is 0 Å². The summed E-state index contributed by atoms with van der Waals surface area (Å²) in [6.45, 7) is 5.06. The van der Waals surface area contributed by atoms with Crippen LogP contribution < -0.4 is 5.32 Å². The summed E-state index contributed by atoms with van der Waals surface area (Å²) in [4.78, 5) is 30.8. The summed E-state index contributed by atoms with van der Waals surface area (Å²) in [5, 5.41) is 4.93. The Kier molecular flexibility index (Phi) is 4.95. The van der Waals surface area contributed by atoms with E-state index in [4.69, 9.17) is 0 Å². The van der Waals surface area contributed by atoms with Gasteiger partial charge in [0, 0.05) is 39.3 Å². The molecule has 0 radical (unpaired) electrons. The summed E-state index contributed by atoms with van der Waals surface area (Å²) in [5.74, 6) is 2.96. The number of carbonyl (C=O) groups excluding carboxylic acids is 2. The Morgan fingerprint density at radius 1 is 1.04 bits per heavy atom. The van der Waals surface area contributed by atoms with Crippen molar-refractivity contribution in [2.24, 2.45) is 23.2 Å². The smallest absolute Gasteiger partial charge is 0.261 e. The van der Waals surface area contributed by atoms with Gasteiger partial charge < -0.3 is 10.2 Å². The zero-order valence-corrected chi connectivity index (χ0v) is 17.4. The molecule has 5 fully saturated rings. The van der Waals surface area contributed by atoms with Crippen LogP contribution in [0, 0.1) is 23.2 Å². The van der Waals surface area contributed by atoms with Gasteiger partial charge in [-0.05, 0) is 67.7 Å². The van der Waals surface area contributed by atoms with Gasteiger partial charge in [0.05, 0.1) is 10.3 Å². The average molecular weight is 402 g/mol. The molecule has 2 heterocycles. The Morgan fingerprint density at radius 3 is 2.25 bits per heavy atom. The molecule has 0 unspecified atom stereocenters. The number of nitrogens with one attached hydrogen (secondary N) is 1. The topological polar surface area (TPSA) is 52.7 Å². The Labute approximate surface area is 171 Å². The van der Waals surface area contributed by atoms with E-state index >= 15 is 0 Å². The molecule has 4 aliphatic carbocycles. The van der Waals surface area contributed by atoms with Gasteiger partial charge >= 0.3 is 0 Å². The molecule has 4 saturated carbocycles. The first-order valence-corrected chi connectivity index (χ1v) is 11.8. The molecule has 0 atom stereocenters. The lowest BCUT2D eigenvalue weighted by Crippen LogP contribution is -2.58. The van der Waals surface area contributed by atoms with Crippen LogP contribution in [0.2, 0.25) is 0 Å². The normalized spacial score (nSPS) is 34.6. The molecule has 1 aromatic rings. The minimum absolute atomic E-state index is 0.00833. The first kappa shape index (κ1) is 18.6. The van der Waals surface area contributed by atoms with Crippen LogP contribution in [0.3, 0.4) is 0 Å². The Morgan fingerprint density at radius 2 is 1.68 bits per heavy atom. The SMILES string of the molecule is O=C(NCCN1CCN(C(=O)C23CC4CC(CC(C4)C2)C3)CC1)c1cccs1. The van der Waals surface area contributed by atoms with Crippen molar-refractivity contribution >= 4 is 23.2 Å². The molecular formula is C22H31N3O2S. The van der Waals surface area contributed by atoms with Crippen LogP contribution in [0.25, 0.3) is 0 Å². The molecule has 1 aromatic heterocycles. The Balaban J connectivity index is 1.09. The maximum atomic E-state index is 13.4. The van der Waals surface area contributed by atoms with Gasteiger partial charge in [0.15, 0.2) is 0 Å². The molecule has 28 heavy (non-hydrogen) atoms. The molecule has 2 amide bonds. The zero-order valence-electron chi connectivity index (χ0n) is 16.6. The highest BCUT2D eigenvalue weighted by molar-refractivity contribution is 7.12. The lowest BCUT2D eigenvalue weighted by Gasteiger charge is -2.57. The summed E-state index contributed by atoms with van der Waals surface area (Å²) in [7, 11) is 0. The quantitative estimate of drug-likeness (QED) is 0.825. The molecule has 1 aliphatic heterocycles. The lowest BCUT2D eigenvalue weighted by molar-refractivity contribution is -0.159. The minimum atomic E-state index is -0.00833. The molecule has 5 nitrogen and oxygen atoms in total. The summed E-state index contributed by atoms with van der Waals surface area (Å²) in [6.07, 6.45) is 7.64. The van der Waals surface area contributed by atoms with Crippen LogP contribution in [-0.2, 0) is 4.79 Å². The number of hydrogen-bond acceptors (Lipinski definition) is 4. The molecule has 1 N–H and O–H groups in total. The minimum Gasteiger partial charge on any atom is -0.350 e. The van der Waals surface area contributed by atoms with E-state index < -0.39 is 0 Å². The lowest BCUT2D eigenvalue weighted by atomic mass is 9.49. The fourth-order valence-corrected chi connectivity index (χ4v) is 7.35. The molecule has 0 spiro atoms. The molecule has 1 saturated heterocycles. The van der Waals surface area contributed by atoms with Crippen LogP contribution >= 0.6 is 11.3 Å². The predicted molar refractivity (Wildman–Crippen MR) is 110 cm³/mol. The van der Waals surface area contributed by atoms with Gasteiger partial charge in [-0.1, -0.05) is 6.07 Å². The van der Waals surface area contributed by atoms with Gasteiger partial charge in [-0.25, -0.2) is 0 Å². The number of hydrogen-bond donors (Lipinski definition) is 1. The van der Waals surface area contributed by atoms with Gasteiger partial charge in [-0.2, -0.15) is 0 Å². The predicted octanol–water partition coefficient (Wildman–Crippen LogP) is 2.84. The summed E-state index contributed by atoms with van der Waals surface area (Å²) in [6, 6.07) is 3.76. The second-order valence-electron chi connectivity index (χ2n) is 9.56. The molecule has 152 valence electrons. The molecule has 4 bridgehead atoms. The van der Waals surface area contributed by atoms with Gasteiger partial charge in [0.25, 0.3) is 5.91 Å². The zero-order chi connectivity index (χ0) is 19.1. The standard InChI is InChI=1S/C22H31N3O2S/c26-20(19-2-1-9-28-19)23-3-4-24-5-7-25(8-6-24)21(27)22-13-16-10-17(14-22)12-18(11-16)15-22/h1-2,9,16-18H,3-8,10-15H2,(H,23,26). The highest BCUT2D eigenvalue weighted by Gasteiger charge is 2.55. The largest absolute Gasteiger partial charge is 0.350 e. The van der Waals surface area contributed by atoms with E-state index in [2.05, 4.69) is 15.1 Å². The average Bonchev–Trinajstić information content (AvgIpc) is 3.22. The Bertz CT molecular complexity index is 689. The van der Waals surface area contributed by atoms with E-state index in [-0.39, 0.29) is 11.3 Å². The molecular weight excluding hydrogens is 370 g/mol. The maximum Gasteiger partial charge on any atom is 0.261 e. The third-order valence-electron chi connectivity index (χ3n) is 7.61. The number of thiophene rings is 1. The summed E-state index contributed by atoms with van der Waals surface area (Å²) >= 11 is 1.47. The second kappa shape index (κ2) is 7.45. The van der Waals surface area contributed by atoms with Crippen molar-refractivity contribution in [1.29, 1.82) is 0 Å². The third-order valence-corrected chi connectivity index (χ3v) is 8.48. The van der Waals surface area contributed by atoms with Crippen molar-refractivity contribution in [3.8, 4) is 0 Å². The number of amides is 2. The number of nitrogens with zero attached hydrogens (tertiary/aromatic N) is 2. The Hall–Kier alpha value is -1.40. The fraction of sp³-hybridized carbons (Fsp3) is 0.727. The first-order chi connectivity index (χ1) is 13.6. The highest BCUT2D eigenvalue weighted by Crippen LogP contribution is 2.60. The van der Waals surface area contributed by atoms with E-state index in [0.717, 1.165) is 74.6 Å². The van der Waals surface area contributed by atoms with Gasteiger partial charge in [-0.3, -0.25) is 14.5 Å². The number of piperazine rings is 1. The van der Waals surface area contributed by atoms with Crippen molar-refractivity contribution in [2.75, 3.05) is 39.3 Å². The van der Waals surface area contributed by atoms with Crippen molar-refractivity contribution in [1.82, 2.24) is 15.1 Å².